The summed E-state index contributed by atoms with van der Waals surface area (Å²) in [5.74, 6) is 0. The molecule has 0 spiro atoms. The normalized spacial score (nSPS) is 8.71. The molecule has 0 amide bonds. The quantitative estimate of drug-likeness (QED) is 0.487. The summed E-state index contributed by atoms with van der Waals surface area (Å²) in [5, 5.41) is 0. The van der Waals surface area contributed by atoms with Gasteiger partial charge in [-0.1, -0.05) is 0 Å². The number of rotatable bonds is 1. The third kappa shape index (κ3) is 0.887. The van der Waals surface area contributed by atoms with Gasteiger partial charge in [0.05, 0.1) is 0 Å². The van der Waals surface area contributed by atoms with E-state index in [0.29, 0.717) is 0 Å². The molecular weight excluding hydrogens is 86.9 g/mol. The Morgan fingerprint density at radius 2 is 2.71 bits per heavy atom. The van der Waals surface area contributed by atoms with Gasteiger partial charge in [-0.2, -0.15) is 0 Å². The van der Waals surface area contributed by atoms with Crippen LogP contribution in [0.5, 0.6) is 0 Å². The summed E-state index contributed by atoms with van der Waals surface area (Å²) >= 11 is 0. The standard InChI is InChI=1S/C4H7BN2/c1-2-7-3-5-6-4-7/h3-4H,2H2,1H3. The molecular formula is C4H7BN2. The Labute approximate surface area is 43.4 Å². The van der Waals surface area contributed by atoms with Crippen LogP contribution < -0.4 is 0 Å². The van der Waals surface area contributed by atoms with Gasteiger partial charge in [0.15, 0.2) is 0 Å². The van der Waals surface area contributed by atoms with Gasteiger partial charge in [-0.05, 0) is 0 Å². The van der Waals surface area contributed by atoms with Crippen LogP contribution in [-0.4, -0.2) is 16.5 Å². The molecule has 1 heterocycles. The van der Waals surface area contributed by atoms with Crippen molar-refractivity contribution in [2.45, 2.75) is 13.5 Å². The summed E-state index contributed by atoms with van der Waals surface area (Å²) in [5.41, 5.74) is 0. The van der Waals surface area contributed by atoms with E-state index in [1.165, 1.54) is 0 Å². The molecule has 0 radical (unpaired) electrons. The molecule has 0 unspecified atom stereocenters. The van der Waals surface area contributed by atoms with Crippen LogP contribution in [0.4, 0.5) is 0 Å². The van der Waals surface area contributed by atoms with Crippen LogP contribution in [0.3, 0.4) is 0 Å². The van der Waals surface area contributed by atoms with Gasteiger partial charge in [-0.3, -0.25) is 0 Å². The summed E-state index contributed by atoms with van der Waals surface area (Å²) in [6.45, 7) is 3.10. The minimum absolute atomic E-state index is 1.01. The van der Waals surface area contributed by atoms with Crippen LogP contribution in [0, 0.1) is 0 Å². The molecule has 0 atom stereocenters. The molecule has 0 N–H and O–H groups in total. The summed E-state index contributed by atoms with van der Waals surface area (Å²) < 4.78 is 2.01. The van der Waals surface area contributed by atoms with E-state index in [1.807, 2.05) is 10.7 Å². The molecule has 2 nitrogen and oxygen atoms in total. The monoisotopic (exact) mass is 94.1 g/mol. The molecule has 0 saturated heterocycles. The van der Waals surface area contributed by atoms with Gasteiger partial charge in [0.2, 0.25) is 0 Å². The first-order valence-electron chi connectivity index (χ1n) is 2.39. The van der Waals surface area contributed by atoms with Crippen molar-refractivity contribution in [3.8, 4) is 0 Å². The molecule has 0 fully saturated rings. The van der Waals surface area contributed by atoms with Crippen molar-refractivity contribution in [2.75, 3.05) is 0 Å². The molecule has 1 aromatic heterocycles. The summed E-state index contributed by atoms with van der Waals surface area (Å²) in [6, 6.07) is 0. The van der Waals surface area contributed by atoms with Gasteiger partial charge in [0.1, 0.15) is 0 Å². The minimum atomic E-state index is 1.01. The Balaban J connectivity index is 2.76. The Hall–Kier alpha value is -0.595. The van der Waals surface area contributed by atoms with E-state index in [9.17, 15) is 0 Å². The van der Waals surface area contributed by atoms with E-state index in [1.54, 1.807) is 13.4 Å². The predicted octanol–water partition coefficient (Wildman–Crippen LogP) is 0.241. The maximum absolute atomic E-state index is 3.86. The molecule has 36 valence electrons. The number of hydrogen-bond acceptors (Lipinski definition) is 1. The van der Waals surface area contributed by atoms with E-state index in [0.717, 1.165) is 6.54 Å². The van der Waals surface area contributed by atoms with Gasteiger partial charge >= 0.3 is 42.4 Å². The zero-order valence-corrected chi connectivity index (χ0v) is 4.33. The molecule has 0 aromatic carbocycles. The van der Waals surface area contributed by atoms with Crippen molar-refractivity contribution in [3.05, 3.63) is 12.4 Å². The van der Waals surface area contributed by atoms with Crippen molar-refractivity contribution in [1.29, 1.82) is 0 Å². The fourth-order valence-corrected chi connectivity index (χ4v) is 0.474. The van der Waals surface area contributed by atoms with E-state index in [-0.39, 0.29) is 0 Å². The second kappa shape index (κ2) is 1.91. The van der Waals surface area contributed by atoms with Crippen LogP contribution in [0.15, 0.2) is 12.4 Å². The number of aryl methyl sites for hydroxylation is 1. The average Bonchev–Trinajstić information content (AvgIpc) is 2.14. The number of nitrogens with zero attached hydrogens (tertiary/aromatic N) is 2. The van der Waals surface area contributed by atoms with Crippen LogP contribution in [-0.2, 0) is 6.54 Å². The second-order valence-corrected chi connectivity index (χ2v) is 1.39. The fraction of sp³-hybridized carbons (Fsp3) is 0.500. The molecule has 1 aromatic rings. The van der Waals surface area contributed by atoms with Crippen molar-refractivity contribution < 1.29 is 0 Å². The Morgan fingerprint density at radius 1 is 1.86 bits per heavy atom. The summed E-state index contributed by atoms with van der Waals surface area (Å²) in [7, 11) is 1.78. The third-order valence-corrected chi connectivity index (χ3v) is 0.924. The Morgan fingerprint density at radius 3 is 3.00 bits per heavy atom. The first-order valence-corrected chi connectivity index (χ1v) is 2.39. The molecule has 0 bridgehead atoms. The molecule has 0 saturated carbocycles. The van der Waals surface area contributed by atoms with E-state index in [2.05, 4.69) is 11.8 Å². The topological polar surface area (TPSA) is 17.8 Å². The van der Waals surface area contributed by atoms with Gasteiger partial charge < -0.3 is 0 Å². The maximum atomic E-state index is 3.86. The number of hydrogen-bond donors (Lipinski definition) is 0. The van der Waals surface area contributed by atoms with Crippen LogP contribution in [0.25, 0.3) is 0 Å². The average molecular weight is 93.9 g/mol. The SMILES string of the molecule is CCn1cbnc1. The van der Waals surface area contributed by atoms with E-state index in [4.69, 9.17) is 0 Å². The molecule has 0 aliphatic heterocycles. The van der Waals surface area contributed by atoms with Crippen molar-refractivity contribution in [2.24, 2.45) is 0 Å². The van der Waals surface area contributed by atoms with Gasteiger partial charge in [-0.15, -0.1) is 0 Å². The Bertz CT molecular complexity index is 124. The molecule has 7 heavy (non-hydrogen) atoms. The first-order chi connectivity index (χ1) is 3.43. The van der Waals surface area contributed by atoms with Crippen molar-refractivity contribution in [3.63, 3.8) is 0 Å². The second-order valence-electron chi connectivity index (χ2n) is 1.39. The van der Waals surface area contributed by atoms with Gasteiger partial charge in [0.25, 0.3) is 0 Å². The van der Waals surface area contributed by atoms with Gasteiger partial charge in [0, 0.05) is 0 Å². The summed E-state index contributed by atoms with van der Waals surface area (Å²) in [6.07, 6.45) is 3.75. The first kappa shape index (κ1) is 4.56. The summed E-state index contributed by atoms with van der Waals surface area (Å²) in [4.78, 5) is 3.86. The van der Waals surface area contributed by atoms with E-state index >= 15 is 0 Å². The Kier molecular flexibility index (Phi) is 1.25. The zero-order chi connectivity index (χ0) is 5.11. The number of aromatic nitrogens is 2. The molecule has 1 rings (SSSR count). The van der Waals surface area contributed by atoms with Crippen LogP contribution >= 0.6 is 0 Å². The fourth-order valence-electron chi connectivity index (χ4n) is 0.474. The van der Waals surface area contributed by atoms with Crippen molar-refractivity contribution in [1.82, 2.24) is 9.46 Å². The third-order valence-electron chi connectivity index (χ3n) is 0.924. The van der Waals surface area contributed by atoms with E-state index < -0.39 is 0 Å². The molecule has 3 heteroatoms. The van der Waals surface area contributed by atoms with Crippen molar-refractivity contribution >= 4 is 7.05 Å². The van der Waals surface area contributed by atoms with Gasteiger partial charge in [-0.25, -0.2) is 0 Å². The molecule has 0 aliphatic rings. The zero-order valence-electron chi connectivity index (χ0n) is 4.33. The van der Waals surface area contributed by atoms with Crippen LogP contribution in [0.2, 0.25) is 0 Å². The molecule has 0 aliphatic carbocycles. The van der Waals surface area contributed by atoms with Crippen LogP contribution in [0.1, 0.15) is 6.92 Å². The predicted molar refractivity (Wildman–Crippen MR) is 29.2 cm³/mol.